The van der Waals surface area contributed by atoms with Crippen LogP contribution in [0.5, 0.6) is 0 Å². The number of rotatable bonds is 2. The van der Waals surface area contributed by atoms with Crippen molar-refractivity contribution in [3.8, 4) is 0 Å². The summed E-state index contributed by atoms with van der Waals surface area (Å²) in [4.78, 5) is 13.9. The number of aliphatic imine (C=N–C) groups is 1. The van der Waals surface area contributed by atoms with Gasteiger partial charge in [0.25, 0.3) is 0 Å². The van der Waals surface area contributed by atoms with Crippen molar-refractivity contribution < 1.29 is 0 Å². The lowest BCUT2D eigenvalue weighted by Crippen LogP contribution is -2.63. The predicted molar refractivity (Wildman–Crippen MR) is 105 cm³/mol. The van der Waals surface area contributed by atoms with Crippen molar-refractivity contribution in [3.05, 3.63) is 58.9 Å². The quantitative estimate of drug-likeness (QED) is 0.885. The first-order valence-corrected chi connectivity index (χ1v) is 9.63. The number of benzene rings is 1. The average Bonchev–Trinajstić information content (AvgIpc) is 3.15. The molecule has 0 radical (unpaired) electrons. The first-order valence-electron chi connectivity index (χ1n) is 9.25. The second kappa shape index (κ2) is 6.25. The number of nitrogens with one attached hydrogen (secondary N) is 1. The number of anilines is 1. The maximum absolute atomic E-state index is 6.25. The smallest absolute Gasteiger partial charge is 0.134 e. The number of fused-ring (bicyclic) bond motifs is 4. The fourth-order valence-electron chi connectivity index (χ4n) is 4.45. The molecule has 5 nitrogen and oxygen atoms in total. The van der Waals surface area contributed by atoms with Crippen molar-refractivity contribution in [1.82, 2.24) is 14.8 Å². The van der Waals surface area contributed by atoms with Gasteiger partial charge in [0.2, 0.25) is 0 Å². The lowest BCUT2D eigenvalue weighted by molar-refractivity contribution is 0.0895. The minimum absolute atomic E-state index is 0.0399. The summed E-state index contributed by atoms with van der Waals surface area (Å²) < 4.78 is 0. The molecule has 0 aliphatic carbocycles. The van der Waals surface area contributed by atoms with Gasteiger partial charge in [-0.2, -0.15) is 0 Å². The number of piperidine rings is 1. The standard InChI is InChI=1S/C20H22ClN5/c21-16-1-2-17-18(13-16)24-20(26-12-9-23-19(17)26)5-10-25(11-6-20)14-15-3-7-22-8-4-15/h1-4,7-8,13,24H,5-6,9-12,14H2. The van der Waals surface area contributed by atoms with Crippen LogP contribution in [0.15, 0.2) is 47.7 Å². The maximum atomic E-state index is 6.25. The minimum Gasteiger partial charge on any atom is -0.362 e. The highest BCUT2D eigenvalue weighted by Gasteiger charge is 2.46. The highest BCUT2D eigenvalue weighted by atomic mass is 35.5. The SMILES string of the molecule is Clc1ccc2c(c1)NC1(CCN(Cc3ccncc3)CC1)N1CCN=C21. The zero-order valence-corrected chi connectivity index (χ0v) is 15.4. The second-order valence-electron chi connectivity index (χ2n) is 7.34. The van der Waals surface area contributed by atoms with Gasteiger partial charge in [0, 0.05) is 67.7 Å². The Labute approximate surface area is 158 Å². The Bertz CT molecular complexity index is 843. The van der Waals surface area contributed by atoms with Crippen LogP contribution in [-0.2, 0) is 6.54 Å². The molecule has 6 heteroatoms. The van der Waals surface area contributed by atoms with Crippen molar-refractivity contribution in [3.63, 3.8) is 0 Å². The molecule has 134 valence electrons. The van der Waals surface area contributed by atoms with E-state index in [1.54, 1.807) is 0 Å². The number of hydrogen-bond acceptors (Lipinski definition) is 5. The summed E-state index contributed by atoms with van der Waals surface area (Å²) >= 11 is 6.25. The molecular formula is C20H22ClN5. The Balaban J connectivity index is 1.38. The van der Waals surface area contributed by atoms with Crippen LogP contribution >= 0.6 is 11.6 Å². The number of likely N-dealkylation sites (tertiary alicyclic amines) is 1. The van der Waals surface area contributed by atoms with Gasteiger partial charge in [-0.25, -0.2) is 0 Å². The van der Waals surface area contributed by atoms with E-state index in [9.17, 15) is 0 Å². The first kappa shape index (κ1) is 16.1. The molecule has 3 aliphatic rings. The molecule has 2 aromatic rings. The van der Waals surface area contributed by atoms with E-state index in [2.05, 4.69) is 38.3 Å². The molecule has 0 bridgehead atoms. The van der Waals surface area contributed by atoms with Crippen molar-refractivity contribution in [2.24, 2.45) is 4.99 Å². The number of halogens is 1. The highest BCUT2D eigenvalue weighted by molar-refractivity contribution is 6.31. The molecular weight excluding hydrogens is 346 g/mol. The summed E-state index contributed by atoms with van der Waals surface area (Å²) in [6, 6.07) is 10.3. The van der Waals surface area contributed by atoms with Crippen molar-refractivity contribution >= 4 is 23.1 Å². The molecule has 5 rings (SSSR count). The van der Waals surface area contributed by atoms with Gasteiger partial charge in [-0.15, -0.1) is 0 Å². The molecule has 0 unspecified atom stereocenters. The third-order valence-electron chi connectivity index (χ3n) is 5.79. The third-order valence-corrected chi connectivity index (χ3v) is 6.02. The fraction of sp³-hybridized carbons (Fsp3) is 0.400. The van der Waals surface area contributed by atoms with Crippen LogP contribution in [0, 0.1) is 0 Å². The molecule has 1 aromatic heterocycles. The molecule has 0 atom stereocenters. The van der Waals surface area contributed by atoms with Gasteiger partial charge in [0.1, 0.15) is 11.5 Å². The van der Waals surface area contributed by atoms with Gasteiger partial charge in [-0.3, -0.25) is 14.9 Å². The van der Waals surface area contributed by atoms with Crippen LogP contribution in [0.4, 0.5) is 5.69 Å². The van der Waals surface area contributed by atoms with Crippen molar-refractivity contribution in [2.45, 2.75) is 25.0 Å². The van der Waals surface area contributed by atoms with Gasteiger partial charge in [0.15, 0.2) is 0 Å². The molecule has 1 fully saturated rings. The number of pyridine rings is 1. The largest absolute Gasteiger partial charge is 0.362 e. The lowest BCUT2D eigenvalue weighted by Gasteiger charge is -2.52. The topological polar surface area (TPSA) is 43.8 Å². The van der Waals surface area contributed by atoms with Gasteiger partial charge < -0.3 is 10.2 Å². The normalized spacial score (nSPS) is 21.1. The van der Waals surface area contributed by atoms with E-state index in [4.69, 9.17) is 16.6 Å². The summed E-state index contributed by atoms with van der Waals surface area (Å²) in [6.07, 6.45) is 5.89. The van der Waals surface area contributed by atoms with Crippen LogP contribution < -0.4 is 5.32 Å². The molecule has 1 N–H and O–H groups in total. The summed E-state index contributed by atoms with van der Waals surface area (Å²) in [5, 5.41) is 4.60. The Morgan fingerprint density at radius 3 is 2.69 bits per heavy atom. The summed E-state index contributed by atoms with van der Waals surface area (Å²) in [5.74, 6) is 1.14. The fourth-order valence-corrected chi connectivity index (χ4v) is 4.62. The molecule has 0 saturated carbocycles. The van der Waals surface area contributed by atoms with Crippen LogP contribution in [0.3, 0.4) is 0 Å². The Kier molecular flexibility index (Phi) is 3.87. The van der Waals surface area contributed by atoms with Crippen molar-refractivity contribution in [2.75, 3.05) is 31.5 Å². The Morgan fingerprint density at radius 2 is 1.88 bits per heavy atom. The number of hydrogen-bond donors (Lipinski definition) is 1. The summed E-state index contributed by atoms with van der Waals surface area (Å²) in [6.45, 7) is 4.99. The van der Waals surface area contributed by atoms with E-state index in [0.717, 1.165) is 62.1 Å². The summed E-state index contributed by atoms with van der Waals surface area (Å²) in [5.41, 5.74) is 3.59. The zero-order valence-electron chi connectivity index (χ0n) is 14.7. The van der Waals surface area contributed by atoms with Crippen LogP contribution in [0.2, 0.25) is 5.02 Å². The molecule has 1 aromatic carbocycles. The number of nitrogens with zero attached hydrogens (tertiary/aromatic N) is 4. The maximum Gasteiger partial charge on any atom is 0.134 e. The van der Waals surface area contributed by atoms with Gasteiger partial charge >= 0.3 is 0 Å². The van der Waals surface area contributed by atoms with Crippen LogP contribution in [0.1, 0.15) is 24.0 Å². The zero-order chi connectivity index (χ0) is 17.6. The van der Waals surface area contributed by atoms with E-state index >= 15 is 0 Å². The minimum atomic E-state index is -0.0399. The molecule has 1 saturated heterocycles. The number of amidine groups is 1. The summed E-state index contributed by atoms with van der Waals surface area (Å²) in [7, 11) is 0. The Hall–Kier alpha value is -2.11. The van der Waals surface area contributed by atoms with Gasteiger partial charge in [0.05, 0.1) is 6.54 Å². The molecule has 4 heterocycles. The van der Waals surface area contributed by atoms with E-state index in [0.29, 0.717) is 0 Å². The first-order chi connectivity index (χ1) is 12.7. The van der Waals surface area contributed by atoms with Gasteiger partial charge in [-0.05, 0) is 35.9 Å². The van der Waals surface area contributed by atoms with Crippen LogP contribution in [-0.4, -0.2) is 52.5 Å². The monoisotopic (exact) mass is 367 g/mol. The van der Waals surface area contributed by atoms with Gasteiger partial charge in [-0.1, -0.05) is 11.6 Å². The molecule has 0 amide bonds. The second-order valence-corrected chi connectivity index (χ2v) is 7.77. The van der Waals surface area contributed by atoms with Crippen LogP contribution in [0.25, 0.3) is 0 Å². The van der Waals surface area contributed by atoms with E-state index in [1.165, 1.54) is 11.1 Å². The van der Waals surface area contributed by atoms with E-state index in [-0.39, 0.29) is 5.66 Å². The molecule has 1 spiro atoms. The average molecular weight is 368 g/mol. The van der Waals surface area contributed by atoms with Crippen molar-refractivity contribution in [1.29, 1.82) is 0 Å². The lowest BCUT2D eigenvalue weighted by atomic mass is 9.90. The number of aromatic nitrogens is 1. The highest BCUT2D eigenvalue weighted by Crippen LogP contribution is 2.40. The van der Waals surface area contributed by atoms with E-state index in [1.807, 2.05) is 24.5 Å². The molecule has 26 heavy (non-hydrogen) atoms. The third kappa shape index (κ3) is 2.66. The Morgan fingerprint density at radius 1 is 1.08 bits per heavy atom. The molecule has 3 aliphatic heterocycles. The van der Waals surface area contributed by atoms with E-state index < -0.39 is 0 Å². The predicted octanol–water partition coefficient (Wildman–Crippen LogP) is 3.22.